The summed E-state index contributed by atoms with van der Waals surface area (Å²) in [5.74, 6) is 0.637. The number of hydrogen-bond acceptors (Lipinski definition) is 4. The van der Waals surface area contributed by atoms with Crippen LogP contribution >= 0.6 is 0 Å². The maximum atomic E-state index is 12.0. The van der Waals surface area contributed by atoms with Crippen molar-refractivity contribution < 1.29 is 0 Å². The van der Waals surface area contributed by atoms with Gasteiger partial charge in [0.2, 0.25) is 5.82 Å². The van der Waals surface area contributed by atoms with Gasteiger partial charge in [-0.1, -0.05) is 30.3 Å². The highest BCUT2D eigenvalue weighted by Gasteiger charge is 2.39. The third-order valence-electron chi connectivity index (χ3n) is 3.66. The van der Waals surface area contributed by atoms with Crippen molar-refractivity contribution in [3.05, 3.63) is 56.7 Å². The van der Waals surface area contributed by atoms with Crippen LogP contribution in [0.1, 0.15) is 17.9 Å². The fourth-order valence-electron chi connectivity index (χ4n) is 2.39. The number of anilines is 1. The van der Waals surface area contributed by atoms with E-state index in [2.05, 4.69) is 22.5 Å². The van der Waals surface area contributed by atoms with Gasteiger partial charge in [0.15, 0.2) is 0 Å². The summed E-state index contributed by atoms with van der Waals surface area (Å²) >= 11 is 0. The molecule has 0 bridgehead atoms. The number of aryl methyl sites for hydroxylation is 1. The molecule has 0 aliphatic heterocycles. The third-order valence-corrected chi connectivity index (χ3v) is 3.66. The van der Waals surface area contributed by atoms with Crippen LogP contribution in [0.3, 0.4) is 0 Å². The molecule has 1 aliphatic carbocycles. The first kappa shape index (κ1) is 12.7. The van der Waals surface area contributed by atoms with Crippen molar-refractivity contribution in [3.63, 3.8) is 0 Å². The van der Waals surface area contributed by atoms with E-state index in [-0.39, 0.29) is 17.4 Å². The molecule has 6 nitrogen and oxygen atoms in total. The van der Waals surface area contributed by atoms with E-state index in [0.29, 0.717) is 5.92 Å². The standard InChI is InChI=1S/C14H16N4O2/c1-17-13(19)12(16-18(2)14(17)20)15-11-8-10(11)9-6-4-3-5-7-9/h3-7,10-11H,8H2,1-2H3,(H,15,16). The highest BCUT2D eigenvalue weighted by atomic mass is 16.2. The second-order valence-corrected chi connectivity index (χ2v) is 5.12. The molecular formula is C14H16N4O2. The molecule has 2 aromatic rings. The highest BCUT2D eigenvalue weighted by Crippen LogP contribution is 2.41. The molecule has 1 heterocycles. The van der Waals surface area contributed by atoms with E-state index in [1.807, 2.05) is 18.2 Å². The van der Waals surface area contributed by atoms with Crippen LogP contribution in [0.15, 0.2) is 39.9 Å². The van der Waals surface area contributed by atoms with Crippen LogP contribution in [0, 0.1) is 0 Å². The lowest BCUT2D eigenvalue weighted by Gasteiger charge is -2.07. The van der Waals surface area contributed by atoms with Crippen molar-refractivity contribution in [1.29, 1.82) is 0 Å². The van der Waals surface area contributed by atoms with Crippen LogP contribution in [-0.2, 0) is 14.1 Å². The molecule has 6 heteroatoms. The van der Waals surface area contributed by atoms with Crippen molar-refractivity contribution in [3.8, 4) is 0 Å². The van der Waals surface area contributed by atoms with E-state index in [1.54, 1.807) is 0 Å². The minimum absolute atomic E-state index is 0.204. The molecule has 104 valence electrons. The summed E-state index contributed by atoms with van der Waals surface area (Å²) in [4.78, 5) is 23.5. The Labute approximate surface area is 115 Å². The van der Waals surface area contributed by atoms with Crippen molar-refractivity contribution in [2.24, 2.45) is 14.1 Å². The van der Waals surface area contributed by atoms with Gasteiger partial charge in [-0.15, -0.1) is 5.10 Å². The second-order valence-electron chi connectivity index (χ2n) is 5.12. The van der Waals surface area contributed by atoms with Gasteiger partial charge in [0.05, 0.1) is 0 Å². The Morgan fingerprint density at radius 1 is 1.20 bits per heavy atom. The normalized spacial score (nSPS) is 20.7. The molecule has 1 aromatic carbocycles. The summed E-state index contributed by atoms with van der Waals surface area (Å²) in [5, 5.41) is 7.14. The van der Waals surface area contributed by atoms with Gasteiger partial charge in [0, 0.05) is 26.1 Å². The van der Waals surface area contributed by atoms with E-state index in [1.165, 1.54) is 24.3 Å². The Hall–Kier alpha value is -2.37. The van der Waals surface area contributed by atoms with Crippen LogP contribution in [0.25, 0.3) is 0 Å². The lowest BCUT2D eigenvalue weighted by atomic mass is 10.1. The lowest BCUT2D eigenvalue weighted by molar-refractivity contribution is 0.604. The van der Waals surface area contributed by atoms with Gasteiger partial charge < -0.3 is 5.32 Å². The zero-order valence-corrected chi connectivity index (χ0v) is 11.4. The molecule has 20 heavy (non-hydrogen) atoms. The van der Waals surface area contributed by atoms with Gasteiger partial charge in [0.1, 0.15) is 0 Å². The molecular weight excluding hydrogens is 256 g/mol. The molecule has 0 amide bonds. The van der Waals surface area contributed by atoms with E-state index in [4.69, 9.17) is 0 Å². The molecule has 1 N–H and O–H groups in total. The molecule has 3 rings (SSSR count). The fourth-order valence-corrected chi connectivity index (χ4v) is 2.39. The number of hydrogen-bond donors (Lipinski definition) is 1. The Bertz CT molecular complexity index is 748. The minimum atomic E-state index is -0.420. The van der Waals surface area contributed by atoms with Crippen LogP contribution in [0.5, 0.6) is 0 Å². The maximum absolute atomic E-state index is 12.0. The number of nitrogens with one attached hydrogen (secondary N) is 1. The Kier molecular flexibility index (Phi) is 2.93. The summed E-state index contributed by atoms with van der Waals surface area (Å²) in [7, 11) is 2.99. The van der Waals surface area contributed by atoms with Crippen molar-refractivity contribution >= 4 is 5.82 Å². The molecule has 1 aromatic heterocycles. The molecule has 2 atom stereocenters. The van der Waals surface area contributed by atoms with Crippen molar-refractivity contribution in [1.82, 2.24) is 14.3 Å². The molecule has 0 radical (unpaired) electrons. The topological polar surface area (TPSA) is 68.9 Å². The summed E-state index contributed by atoms with van der Waals surface area (Å²) < 4.78 is 2.23. The van der Waals surface area contributed by atoms with E-state index in [0.717, 1.165) is 11.0 Å². The lowest BCUT2D eigenvalue weighted by Crippen LogP contribution is -2.40. The van der Waals surface area contributed by atoms with Gasteiger partial charge in [-0.2, -0.15) is 0 Å². The first-order chi connectivity index (χ1) is 9.58. The molecule has 1 saturated carbocycles. The van der Waals surface area contributed by atoms with Crippen LogP contribution in [0.2, 0.25) is 0 Å². The summed E-state index contributed by atoms with van der Waals surface area (Å²) in [6.07, 6.45) is 0.970. The minimum Gasteiger partial charge on any atom is -0.361 e. The number of aromatic nitrogens is 3. The van der Waals surface area contributed by atoms with E-state index < -0.39 is 5.69 Å². The quantitative estimate of drug-likeness (QED) is 0.880. The first-order valence-corrected chi connectivity index (χ1v) is 6.53. The molecule has 2 unspecified atom stereocenters. The molecule has 0 saturated heterocycles. The smallest absolute Gasteiger partial charge is 0.346 e. The predicted octanol–water partition coefficient (Wildman–Crippen LogP) is 0.447. The van der Waals surface area contributed by atoms with Gasteiger partial charge in [-0.3, -0.25) is 9.36 Å². The summed E-state index contributed by atoms with van der Waals surface area (Å²) in [5.41, 5.74) is 0.453. The average Bonchev–Trinajstić information content (AvgIpc) is 3.23. The van der Waals surface area contributed by atoms with Crippen molar-refractivity contribution in [2.75, 3.05) is 5.32 Å². The van der Waals surface area contributed by atoms with Crippen LogP contribution in [0.4, 0.5) is 5.82 Å². The van der Waals surface area contributed by atoms with Gasteiger partial charge in [0.25, 0.3) is 5.56 Å². The molecule has 0 spiro atoms. The SMILES string of the molecule is Cn1nc(NC2CC2c2ccccc2)c(=O)n(C)c1=O. The molecule has 1 aliphatic rings. The largest absolute Gasteiger partial charge is 0.361 e. The Morgan fingerprint density at radius 3 is 2.60 bits per heavy atom. The number of benzene rings is 1. The number of nitrogens with zero attached hydrogens (tertiary/aromatic N) is 3. The van der Waals surface area contributed by atoms with Crippen LogP contribution < -0.4 is 16.6 Å². The fraction of sp³-hybridized carbons (Fsp3) is 0.357. The zero-order chi connectivity index (χ0) is 14.3. The predicted molar refractivity (Wildman–Crippen MR) is 75.9 cm³/mol. The molecule has 1 fully saturated rings. The first-order valence-electron chi connectivity index (χ1n) is 6.53. The Morgan fingerprint density at radius 2 is 1.90 bits per heavy atom. The third kappa shape index (κ3) is 2.13. The summed E-state index contributed by atoms with van der Waals surface area (Å²) in [6, 6.07) is 10.4. The number of rotatable bonds is 3. The van der Waals surface area contributed by atoms with E-state index >= 15 is 0 Å². The second kappa shape index (κ2) is 4.63. The average molecular weight is 272 g/mol. The Balaban J connectivity index is 1.81. The monoisotopic (exact) mass is 272 g/mol. The van der Waals surface area contributed by atoms with Gasteiger partial charge >= 0.3 is 5.69 Å². The summed E-state index contributed by atoms with van der Waals surface area (Å²) in [6.45, 7) is 0. The maximum Gasteiger partial charge on any atom is 0.346 e. The van der Waals surface area contributed by atoms with Gasteiger partial charge in [-0.25, -0.2) is 9.48 Å². The van der Waals surface area contributed by atoms with Gasteiger partial charge in [-0.05, 0) is 12.0 Å². The van der Waals surface area contributed by atoms with Crippen molar-refractivity contribution in [2.45, 2.75) is 18.4 Å². The van der Waals surface area contributed by atoms with Crippen LogP contribution in [-0.4, -0.2) is 20.4 Å². The highest BCUT2D eigenvalue weighted by molar-refractivity contribution is 5.39. The zero-order valence-electron chi connectivity index (χ0n) is 11.4. The van der Waals surface area contributed by atoms with E-state index in [9.17, 15) is 9.59 Å².